The van der Waals surface area contributed by atoms with Crippen LogP contribution in [0.5, 0.6) is 11.5 Å². The molecule has 90 valence electrons. The third kappa shape index (κ3) is 2.65. The second-order valence-electron chi connectivity index (χ2n) is 4.75. The molecular formula is C12H19NO3. The van der Waals surface area contributed by atoms with Crippen molar-refractivity contribution in [3.05, 3.63) is 23.3 Å². The number of phenolic OH excluding ortho intramolecular Hbond substituents is 1. The lowest BCUT2D eigenvalue weighted by atomic mass is 9.86. The van der Waals surface area contributed by atoms with Crippen LogP contribution in [0.2, 0.25) is 0 Å². The third-order valence-corrected chi connectivity index (χ3v) is 2.46. The zero-order chi connectivity index (χ0) is 12.3. The Morgan fingerprint density at radius 3 is 2.38 bits per heavy atom. The highest BCUT2D eigenvalue weighted by Gasteiger charge is 2.19. The number of methoxy groups -OCH3 is 1. The van der Waals surface area contributed by atoms with E-state index >= 15 is 0 Å². The van der Waals surface area contributed by atoms with Gasteiger partial charge < -0.3 is 9.84 Å². The van der Waals surface area contributed by atoms with Crippen LogP contribution in [-0.4, -0.2) is 12.2 Å². The van der Waals surface area contributed by atoms with Crippen LogP contribution in [0.15, 0.2) is 12.1 Å². The summed E-state index contributed by atoms with van der Waals surface area (Å²) in [4.78, 5) is 4.60. The Morgan fingerprint density at radius 1 is 1.31 bits per heavy atom. The molecule has 0 heterocycles. The summed E-state index contributed by atoms with van der Waals surface area (Å²) in [6.07, 6.45) is 0. The highest BCUT2D eigenvalue weighted by atomic mass is 16.6. The maximum absolute atomic E-state index is 9.84. The Bertz CT molecular complexity index is 369. The first-order valence-electron chi connectivity index (χ1n) is 5.12. The van der Waals surface area contributed by atoms with Crippen LogP contribution < -0.4 is 10.6 Å². The summed E-state index contributed by atoms with van der Waals surface area (Å²) < 4.78 is 5.11. The first-order valence-corrected chi connectivity index (χ1v) is 5.12. The van der Waals surface area contributed by atoms with Gasteiger partial charge in [-0.25, -0.2) is 5.90 Å². The summed E-state index contributed by atoms with van der Waals surface area (Å²) in [5.41, 5.74) is 1.71. The number of benzene rings is 1. The summed E-state index contributed by atoms with van der Waals surface area (Å²) >= 11 is 0. The van der Waals surface area contributed by atoms with Crippen LogP contribution in [0.3, 0.4) is 0 Å². The number of hydrogen-bond acceptors (Lipinski definition) is 4. The lowest BCUT2D eigenvalue weighted by molar-refractivity contribution is 0.121. The molecule has 0 spiro atoms. The monoisotopic (exact) mass is 225 g/mol. The average Bonchev–Trinajstić information content (AvgIpc) is 2.16. The topological polar surface area (TPSA) is 64.7 Å². The molecule has 1 aromatic rings. The molecule has 1 rings (SSSR count). The molecule has 0 aliphatic rings. The zero-order valence-corrected chi connectivity index (χ0v) is 10.2. The summed E-state index contributed by atoms with van der Waals surface area (Å²) in [6.45, 7) is 6.42. The third-order valence-electron chi connectivity index (χ3n) is 2.46. The summed E-state index contributed by atoms with van der Waals surface area (Å²) in [5, 5.41) is 9.84. The quantitative estimate of drug-likeness (QED) is 0.773. The molecule has 0 bridgehead atoms. The molecule has 3 N–H and O–H groups in total. The molecule has 0 aliphatic heterocycles. The molecule has 0 saturated heterocycles. The van der Waals surface area contributed by atoms with E-state index in [0.29, 0.717) is 5.75 Å². The number of nitrogens with two attached hydrogens (primary N) is 1. The van der Waals surface area contributed by atoms with Gasteiger partial charge in [0.15, 0.2) is 11.5 Å². The van der Waals surface area contributed by atoms with E-state index in [0.717, 1.165) is 11.1 Å². The molecule has 0 radical (unpaired) electrons. The number of rotatable bonds is 3. The van der Waals surface area contributed by atoms with E-state index in [-0.39, 0.29) is 17.8 Å². The standard InChI is InChI=1S/C12H19NO3/c1-12(2,3)9-5-8(7-16-13)11(15-4)10(14)6-9/h5-6,14H,7,13H2,1-4H3. The van der Waals surface area contributed by atoms with Crippen molar-refractivity contribution in [2.24, 2.45) is 5.90 Å². The molecule has 0 saturated carbocycles. The Morgan fingerprint density at radius 2 is 1.94 bits per heavy atom. The lowest BCUT2D eigenvalue weighted by Crippen LogP contribution is -2.12. The van der Waals surface area contributed by atoms with Gasteiger partial charge in [-0.15, -0.1) is 0 Å². The van der Waals surface area contributed by atoms with Gasteiger partial charge in [0, 0.05) is 5.56 Å². The van der Waals surface area contributed by atoms with Crippen LogP contribution >= 0.6 is 0 Å². The van der Waals surface area contributed by atoms with Crippen LogP contribution in [0.4, 0.5) is 0 Å². The van der Waals surface area contributed by atoms with Crippen molar-refractivity contribution >= 4 is 0 Å². The minimum absolute atomic E-state index is 0.0485. The molecule has 0 fully saturated rings. The molecule has 4 nitrogen and oxygen atoms in total. The summed E-state index contributed by atoms with van der Waals surface area (Å²) in [5.74, 6) is 5.58. The van der Waals surface area contributed by atoms with Crippen molar-refractivity contribution in [2.45, 2.75) is 32.8 Å². The van der Waals surface area contributed by atoms with Crippen LogP contribution in [-0.2, 0) is 16.9 Å². The van der Waals surface area contributed by atoms with E-state index in [2.05, 4.69) is 25.6 Å². The van der Waals surface area contributed by atoms with Gasteiger partial charge in [0.05, 0.1) is 13.7 Å². The van der Waals surface area contributed by atoms with E-state index < -0.39 is 0 Å². The van der Waals surface area contributed by atoms with E-state index in [1.54, 1.807) is 6.07 Å². The number of ether oxygens (including phenoxy) is 1. The maximum Gasteiger partial charge on any atom is 0.166 e. The van der Waals surface area contributed by atoms with Gasteiger partial charge in [-0.2, -0.15) is 0 Å². The van der Waals surface area contributed by atoms with Crippen molar-refractivity contribution in [3.8, 4) is 11.5 Å². The van der Waals surface area contributed by atoms with E-state index in [9.17, 15) is 5.11 Å². The Labute approximate surface area is 95.9 Å². The first kappa shape index (κ1) is 12.8. The van der Waals surface area contributed by atoms with Crippen molar-refractivity contribution in [3.63, 3.8) is 0 Å². The normalized spacial score (nSPS) is 11.6. The fourth-order valence-electron chi connectivity index (χ4n) is 1.54. The van der Waals surface area contributed by atoms with Gasteiger partial charge in [-0.05, 0) is 23.1 Å². The molecule has 0 unspecified atom stereocenters. The lowest BCUT2D eigenvalue weighted by Gasteiger charge is -2.21. The van der Waals surface area contributed by atoms with Gasteiger partial charge in [-0.1, -0.05) is 20.8 Å². The Balaban J connectivity index is 3.28. The highest BCUT2D eigenvalue weighted by Crippen LogP contribution is 2.36. The average molecular weight is 225 g/mol. The fourth-order valence-corrected chi connectivity index (χ4v) is 1.54. The van der Waals surface area contributed by atoms with Crippen molar-refractivity contribution < 1.29 is 14.7 Å². The van der Waals surface area contributed by atoms with Gasteiger partial charge in [0.1, 0.15) is 0 Å². The van der Waals surface area contributed by atoms with Gasteiger partial charge in [-0.3, -0.25) is 4.84 Å². The summed E-state index contributed by atoms with van der Waals surface area (Å²) in [7, 11) is 1.51. The van der Waals surface area contributed by atoms with Crippen LogP contribution in [0.25, 0.3) is 0 Å². The molecule has 0 atom stereocenters. The van der Waals surface area contributed by atoms with E-state index in [1.807, 2.05) is 6.07 Å². The number of phenols is 1. The summed E-state index contributed by atoms with van der Waals surface area (Å²) in [6, 6.07) is 3.64. The molecule has 0 amide bonds. The van der Waals surface area contributed by atoms with E-state index in [4.69, 9.17) is 10.6 Å². The molecule has 0 aromatic heterocycles. The minimum atomic E-state index is -0.0485. The Kier molecular flexibility index (Phi) is 3.78. The van der Waals surface area contributed by atoms with Crippen LogP contribution in [0, 0.1) is 0 Å². The first-order chi connectivity index (χ1) is 7.40. The molecular weight excluding hydrogens is 206 g/mol. The maximum atomic E-state index is 9.84. The van der Waals surface area contributed by atoms with Gasteiger partial charge >= 0.3 is 0 Å². The smallest absolute Gasteiger partial charge is 0.166 e. The molecule has 1 aromatic carbocycles. The zero-order valence-electron chi connectivity index (χ0n) is 10.2. The predicted octanol–water partition coefficient (Wildman–Crippen LogP) is 2.09. The second-order valence-corrected chi connectivity index (χ2v) is 4.75. The molecule has 4 heteroatoms. The largest absolute Gasteiger partial charge is 0.504 e. The number of hydrogen-bond donors (Lipinski definition) is 2. The predicted molar refractivity (Wildman–Crippen MR) is 62.3 cm³/mol. The SMILES string of the molecule is COc1c(O)cc(C(C)(C)C)cc1CON. The Hall–Kier alpha value is -1.26. The second kappa shape index (κ2) is 4.72. The number of aromatic hydroxyl groups is 1. The van der Waals surface area contributed by atoms with E-state index in [1.165, 1.54) is 7.11 Å². The van der Waals surface area contributed by atoms with Gasteiger partial charge in [0.25, 0.3) is 0 Å². The molecule has 0 aliphatic carbocycles. The van der Waals surface area contributed by atoms with Crippen molar-refractivity contribution in [1.29, 1.82) is 0 Å². The van der Waals surface area contributed by atoms with Gasteiger partial charge in [0.2, 0.25) is 0 Å². The fraction of sp³-hybridized carbons (Fsp3) is 0.500. The van der Waals surface area contributed by atoms with Crippen molar-refractivity contribution in [1.82, 2.24) is 0 Å². The van der Waals surface area contributed by atoms with Crippen LogP contribution in [0.1, 0.15) is 31.9 Å². The molecule has 16 heavy (non-hydrogen) atoms. The highest BCUT2D eigenvalue weighted by molar-refractivity contribution is 5.49. The van der Waals surface area contributed by atoms with Crippen molar-refractivity contribution in [2.75, 3.05) is 7.11 Å². The minimum Gasteiger partial charge on any atom is -0.504 e.